The number of aromatic nitrogens is 4. The van der Waals surface area contributed by atoms with Crippen LogP contribution < -0.4 is 5.32 Å². The summed E-state index contributed by atoms with van der Waals surface area (Å²) in [6.07, 6.45) is 1.93. The fourth-order valence-corrected chi connectivity index (χ4v) is 2.09. The van der Waals surface area contributed by atoms with Crippen molar-refractivity contribution >= 4 is 11.6 Å². The maximum atomic E-state index is 11.3. The lowest BCUT2D eigenvalue weighted by molar-refractivity contribution is 0.0594. The molecule has 2 N–H and O–H groups in total. The van der Waals surface area contributed by atoms with Crippen LogP contribution in [0.3, 0.4) is 0 Å². The van der Waals surface area contributed by atoms with Crippen LogP contribution in [0.2, 0.25) is 0 Å². The second-order valence-corrected chi connectivity index (χ2v) is 4.54. The number of fused-ring (bicyclic) bond motifs is 1. The van der Waals surface area contributed by atoms with Gasteiger partial charge in [0, 0.05) is 18.4 Å². The number of ether oxygens (including phenoxy) is 1. The Kier molecular flexibility index (Phi) is 3.65. The summed E-state index contributed by atoms with van der Waals surface area (Å²) < 4.78 is 6.58. The van der Waals surface area contributed by atoms with Crippen LogP contribution >= 0.6 is 0 Å². The van der Waals surface area contributed by atoms with Gasteiger partial charge in [0.25, 0.3) is 0 Å². The number of hydrogen-bond donors (Lipinski definition) is 2. The number of nitrogens with zero attached hydrogens (tertiary/aromatic N) is 3. The Morgan fingerprint density at radius 2 is 2.19 bits per heavy atom. The van der Waals surface area contributed by atoms with E-state index in [1.165, 1.54) is 7.11 Å². The van der Waals surface area contributed by atoms with Crippen molar-refractivity contribution in [3.05, 3.63) is 53.7 Å². The van der Waals surface area contributed by atoms with Crippen molar-refractivity contribution in [2.24, 2.45) is 0 Å². The van der Waals surface area contributed by atoms with E-state index in [0.717, 1.165) is 17.2 Å². The van der Waals surface area contributed by atoms with Gasteiger partial charge < -0.3 is 15.0 Å². The molecule has 3 rings (SSSR count). The van der Waals surface area contributed by atoms with Crippen LogP contribution in [-0.4, -0.2) is 32.7 Å². The Morgan fingerprint density at radius 1 is 1.29 bits per heavy atom. The Morgan fingerprint density at radius 3 is 3.05 bits per heavy atom. The predicted molar refractivity (Wildman–Crippen MR) is 75.7 cm³/mol. The fraction of sp³-hybridized carbons (Fsp3) is 0.214. The molecule has 0 aromatic carbocycles. The molecule has 7 nitrogen and oxygen atoms in total. The molecule has 3 aromatic heterocycles. The number of nitrogens with one attached hydrogen (secondary N) is 2. The molecule has 0 bridgehead atoms. The average Bonchev–Trinajstić information content (AvgIpc) is 3.14. The van der Waals surface area contributed by atoms with E-state index in [0.29, 0.717) is 18.8 Å². The van der Waals surface area contributed by atoms with Gasteiger partial charge in [-0.3, -0.25) is 4.40 Å². The molecule has 0 amide bonds. The largest absolute Gasteiger partial charge is 0.464 e. The predicted octanol–water partition coefficient (Wildman–Crippen LogP) is 1.13. The number of aromatic amines is 1. The van der Waals surface area contributed by atoms with Gasteiger partial charge in [-0.2, -0.15) is 0 Å². The third kappa shape index (κ3) is 2.77. The van der Waals surface area contributed by atoms with Crippen LogP contribution in [-0.2, 0) is 17.8 Å². The zero-order valence-corrected chi connectivity index (χ0v) is 11.5. The Labute approximate surface area is 121 Å². The maximum Gasteiger partial charge on any atom is 0.354 e. The summed E-state index contributed by atoms with van der Waals surface area (Å²) in [6, 6.07) is 9.32. The molecule has 0 saturated carbocycles. The van der Waals surface area contributed by atoms with Gasteiger partial charge in [0.2, 0.25) is 0 Å². The van der Waals surface area contributed by atoms with E-state index < -0.39 is 0 Å². The number of esters is 1. The zero-order valence-electron chi connectivity index (χ0n) is 11.5. The fourth-order valence-electron chi connectivity index (χ4n) is 2.09. The number of hydrogen-bond acceptors (Lipinski definition) is 5. The maximum absolute atomic E-state index is 11.3. The van der Waals surface area contributed by atoms with Crippen molar-refractivity contribution in [1.82, 2.24) is 24.9 Å². The molecule has 0 aliphatic carbocycles. The summed E-state index contributed by atoms with van der Waals surface area (Å²) in [5.74, 6) is 0.468. The number of pyridine rings is 1. The minimum absolute atomic E-state index is 0.371. The quantitative estimate of drug-likeness (QED) is 0.687. The lowest BCUT2D eigenvalue weighted by atomic mass is 10.4. The van der Waals surface area contributed by atoms with E-state index in [4.69, 9.17) is 0 Å². The van der Waals surface area contributed by atoms with E-state index in [1.807, 2.05) is 34.9 Å². The molecule has 3 heterocycles. The van der Waals surface area contributed by atoms with Gasteiger partial charge in [0.05, 0.1) is 13.7 Å². The van der Waals surface area contributed by atoms with Gasteiger partial charge in [0.15, 0.2) is 11.5 Å². The van der Waals surface area contributed by atoms with Gasteiger partial charge in [-0.25, -0.2) is 4.79 Å². The lowest BCUT2D eigenvalue weighted by Crippen LogP contribution is -2.15. The third-order valence-electron chi connectivity index (χ3n) is 3.13. The summed E-state index contributed by atoms with van der Waals surface area (Å²) in [6.45, 7) is 1.18. The van der Waals surface area contributed by atoms with Crippen molar-refractivity contribution in [1.29, 1.82) is 0 Å². The van der Waals surface area contributed by atoms with Gasteiger partial charge in [-0.1, -0.05) is 6.07 Å². The number of carbonyl (C=O) groups is 1. The normalized spacial score (nSPS) is 10.9. The molecule has 0 spiro atoms. The second-order valence-electron chi connectivity index (χ2n) is 4.54. The van der Waals surface area contributed by atoms with Crippen molar-refractivity contribution in [3.63, 3.8) is 0 Å². The molecule has 0 fully saturated rings. The van der Waals surface area contributed by atoms with Gasteiger partial charge in [-0.05, 0) is 24.3 Å². The monoisotopic (exact) mass is 285 g/mol. The van der Waals surface area contributed by atoms with Crippen LogP contribution in [0.25, 0.3) is 5.65 Å². The summed E-state index contributed by atoms with van der Waals surface area (Å²) in [5, 5.41) is 11.5. The Hall–Kier alpha value is -2.67. The molecule has 21 heavy (non-hydrogen) atoms. The minimum atomic E-state index is -0.371. The molecule has 7 heteroatoms. The van der Waals surface area contributed by atoms with Crippen molar-refractivity contribution in [2.45, 2.75) is 13.1 Å². The van der Waals surface area contributed by atoms with Crippen LogP contribution in [0.4, 0.5) is 0 Å². The van der Waals surface area contributed by atoms with E-state index in [1.54, 1.807) is 6.07 Å². The molecule has 0 aliphatic heterocycles. The van der Waals surface area contributed by atoms with Crippen LogP contribution in [0.1, 0.15) is 22.0 Å². The minimum Gasteiger partial charge on any atom is -0.464 e. The van der Waals surface area contributed by atoms with Gasteiger partial charge >= 0.3 is 5.97 Å². The second kappa shape index (κ2) is 5.76. The summed E-state index contributed by atoms with van der Waals surface area (Å²) in [7, 11) is 1.36. The first-order chi connectivity index (χ1) is 10.3. The first kappa shape index (κ1) is 13.3. The van der Waals surface area contributed by atoms with Crippen LogP contribution in [0, 0.1) is 0 Å². The highest BCUT2D eigenvalue weighted by molar-refractivity contribution is 5.87. The summed E-state index contributed by atoms with van der Waals surface area (Å²) in [4.78, 5) is 14.3. The summed E-state index contributed by atoms with van der Waals surface area (Å²) in [5.41, 5.74) is 2.17. The van der Waals surface area contributed by atoms with E-state index in [-0.39, 0.29) is 5.97 Å². The molecule has 0 aliphatic rings. The third-order valence-corrected chi connectivity index (χ3v) is 3.13. The van der Waals surface area contributed by atoms with E-state index >= 15 is 0 Å². The number of H-pyrrole nitrogens is 1. The molecule has 108 valence electrons. The summed E-state index contributed by atoms with van der Waals surface area (Å²) >= 11 is 0. The van der Waals surface area contributed by atoms with Crippen LogP contribution in [0.5, 0.6) is 0 Å². The smallest absolute Gasteiger partial charge is 0.354 e. The van der Waals surface area contributed by atoms with Crippen LogP contribution in [0.15, 0.2) is 36.5 Å². The molecule has 3 aromatic rings. The average molecular weight is 285 g/mol. The SMILES string of the molecule is COC(=O)c1ccc(CNCc2nnc3ccccn23)[nH]1. The lowest BCUT2D eigenvalue weighted by Gasteiger charge is -2.02. The first-order valence-electron chi connectivity index (χ1n) is 6.53. The van der Waals surface area contributed by atoms with E-state index in [9.17, 15) is 4.79 Å². The Bertz CT molecular complexity index is 761. The molecule has 0 saturated heterocycles. The Balaban J connectivity index is 1.61. The van der Waals surface area contributed by atoms with Gasteiger partial charge in [-0.15, -0.1) is 10.2 Å². The molecule has 0 radical (unpaired) electrons. The molecule has 0 atom stereocenters. The topological polar surface area (TPSA) is 84.3 Å². The molecule has 0 unspecified atom stereocenters. The van der Waals surface area contributed by atoms with Crippen molar-refractivity contribution in [2.75, 3.05) is 7.11 Å². The van der Waals surface area contributed by atoms with E-state index in [2.05, 4.69) is 25.2 Å². The highest BCUT2D eigenvalue weighted by atomic mass is 16.5. The first-order valence-corrected chi connectivity index (χ1v) is 6.53. The number of methoxy groups -OCH3 is 1. The standard InChI is InChI=1S/C14H15N5O2/c1-21-14(20)11-6-5-10(16-11)8-15-9-13-18-17-12-4-2-3-7-19(12)13/h2-7,15-16H,8-9H2,1H3. The van der Waals surface area contributed by atoms with Crippen molar-refractivity contribution in [3.8, 4) is 0 Å². The zero-order chi connectivity index (χ0) is 14.7. The highest BCUT2D eigenvalue weighted by Crippen LogP contribution is 2.05. The van der Waals surface area contributed by atoms with Gasteiger partial charge in [0.1, 0.15) is 5.69 Å². The molecular weight excluding hydrogens is 270 g/mol. The molecular formula is C14H15N5O2. The van der Waals surface area contributed by atoms with Crippen molar-refractivity contribution < 1.29 is 9.53 Å². The number of carbonyl (C=O) groups excluding carboxylic acids is 1. The number of rotatable bonds is 5. The highest BCUT2D eigenvalue weighted by Gasteiger charge is 2.08.